The summed E-state index contributed by atoms with van der Waals surface area (Å²) in [5, 5.41) is 17.8. The van der Waals surface area contributed by atoms with Crippen molar-refractivity contribution < 1.29 is 32.3 Å². The van der Waals surface area contributed by atoms with Gasteiger partial charge in [-0.2, -0.15) is 18.3 Å². The number of rotatable bonds is 7. The summed E-state index contributed by atoms with van der Waals surface area (Å²) in [6.45, 7) is -0.557. The molecule has 1 aliphatic rings. The fraction of sp³-hybridized carbons (Fsp3) is 0.368. The van der Waals surface area contributed by atoms with E-state index >= 15 is 0 Å². The zero-order valence-electron chi connectivity index (χ0n) is 16.8. The van der Waals surface area contributed by atoms with Crippen molar-refractivity contribution in [3.63, 3.8) is 0 Å². The Morgan fingerprint density at radius 1 is 1.28 bits per heavy atom. The molecule has 9 nitrogen and oxygen atoms in total. The maximum atomic E-state index is 13.6. The Kier molecular flexibility index (Phi) is 6.21. The number of amides is 2. The minimum absolute atomic E-state index is 0.148. The Bertz CT molecular complexity index is 1040. The van der Waals surface area contributed by atoms with Crippen molar-refractivity contribution in [2.45, 2.75) is 30.7 Å². The van der Waals surface area contributed by atoms with Gasteiger partial charge in [0.05, 0.1) is 5.69 Å². The van der Waals surface area contributed by atoms with Crippen LogP contribution in [0.1, 0.15) is 18.7 Å². The van der Waals surface area contributed by atoms with Crippen LogP contribution in [0.15, 0.2) is 41.8 Å². The van der Waals surface area contributed by atoms with Crippen molar-refractivity contribution in [3.05, 3.63) is 48.3 Å². The SMILES string of the molecule is Cn1ccnc1C(O)(CCNC(=O)C1=NN(c2ccc(F)cc2)C(C(N)=O)C1)C(F)(F)F. The van der Waals surface area contributed by atoms with Crippen molar-refractivity contribution >= 4 is 23.2 Å². The number of imidazole rings is 1. The molecule has 13 heteroatoms. The standard InChI is InChI=1S/C19H20F4N6O3/c1-28-9-8-26-17(28)18(32,19(21,22)23)6-7-25-16(31)13-10-14(15(24)30)29(27-13)12-4-2-11(20)3-5-12/h2-5,8-9,14,32H,6-7,10H2,1H3,(H2,24,30)(H,25,31). The predicted molar refractivity (Wildman–Crippen MR) is 105 cm³/mol. The maximum absolute atomic E-state index is 13.6. The van der Waals surface area contributed by atoms with E-state index in [1.165, 1.54) is 25.4 Å². The molecule has 2 aromatic rings. The molecule has 172 valence electrons. The van der Waals surface area contributed by atoms with Crippen LogP contribution in [0.3, 0.4) is 0 Å². The Hall–Kier alpha value is -3.48. The molecule has 0 saturated heterocycles. The van der Waals surface area contributed by atoms with Gasteiger partial charge < -0.3 is 20.7 Å². The second-order valence-electron chi connectivity index (χ2n) is 7.22. The molecule has 0 aliphatic carbocycles. The van der Waals surface area contributed by atoms with E-state index in [4.69, 9.17) is 5.73 Å². The van der Waals surface area contributed by atoms with E-state index in [0.717, 1.165) is 27.9 Å². The van der Waals surface area contributed by atoms with Crippen LogP contribution in [0, 0.1) is 5.82 Å². The first-order chi connectivity index (χ1) is 14.9. The van der Waals surface area contributed by atoms with Gasteiger partial charge in [0.2, 0.25) is 11.5 Å². The molecule has 4 N–H and O–H groups in total. The van der Waals surface area contributed by atoms with Gasteiger partial charge in [0.15, 0.2) is 0 Å². The molecule has 0 spiro atoms. The summed E-state index contributed by atoms with van der Waals surface area (Å²) in [7, 11) is 1.30. The van der Waals surface area contributed by atoms with Crippen molar-refractivity contribution in [2.75, 3.05) is 11.6 Å². The van der Waals surface area contributed by atoms with Crippen LogP contribution in [0.2, 0.25) is 0 Å². The number of carbonyl (C=O) groups is 2. The zero-order chi connectivity index (χ0) is 23.7. The zero-order valence-corrected chi connectivity index (χ0v) is 16.8. The van der Waals surface area contributed by atoms with Crippen LogP contribution in [0.4, 0.5) is 23.2 Å². The van der Waals surface area contributed by atoms with E-state index in [2.05, 4.69) is 15.4 Å². The average molecular weight is 456 g/mol. The van der Waals surface area contributed by atoms with Crippen LogP contribution in [0.25, 0.3) is 0 Å². The number of hydrogen-bond donors (Lipinski definition) is 3. The van der Waals surface area contributed by atoms with Gasteiger partial charge in [0, 0.05) is 38.8 Å². The molecule has 0 fully saturated rings. The first-order valence-electron chi connectivity index (χ1n) is 9.40. The van der Waals surface area contributed by atoms with Gasteiger partial charge in [-0.05, 0) is 24.3 Å². The molecule has 1 aromatic heterocycles. The number of anilines is 1. The third-order valence-electron chi connectivity index (χ3n) is 5.02. The number of nitrogens with one attached hydrogen (secondary N) is 1. The molecule has 2 atom stereocenters. The number of primary amides is 1. The smallest absolute Gasteiger partial charge is 0.374 e. The highest BCUT2D eigenvalue weighted by Crippen LogP contribution is 2.40. The predicted octanol–water partition coefficient (Wildman–Crippen LogP) is 0.936. The number of aryl methyl sites for hydroxylation is 1. The largest absolute Gasteiger partial charge is 0.424 e. The molecule has 2 amide bonds. The summed E-state index contributed by atoms with van der Waals surface area (Å²) in [6.07, 6.45) is -3.77. The molecular weight excluding hydrogens is 436 g/mol. The highest BCUT2D eigenvalue weighted by Gasteiger charge is 2.57. The number of hydrazone groups is 1. The Morgan fingerprint density at radius 3 is 2.47 bits per heavy atom. The third-order valence-corrected chi connectivity index (χ3v) is 5.02. The first-order valence-corrected chi connectivity index (χ1v) is 9.40. The monoisotopic (exact) mass is 456 g/mol. The van der Waals surface area contributed by atoms with Crippen molar-refractivity contribution in [3.8, 4) is 0 Å². The fourth-order valence-electron chi connectivity index (χ4n) is 3.30. The van der Waals surface area contributed by atoms with Crippen LogP contribution in [0.5, 0.6) is 0 Å². The number of alkyl halides is 3. The number of halogens is 4. The van der Waals surface area contributed by atoms with Gasteiger partial charge in [0.25, 0.3) is 5.91 Å². The highest BCUT2D eigenvalue weighted by molar-refractivity contribution is 6.40. The number of aromatic nitrogens is 2. The number of nitrogens with two attached hydrogens (primary N) is 1. The first kappa shape index (κ1) is 23.2. The molecule has 1 aromatic carbocycles. The van der Waals surface area contributed by atoms with E-state index in [1.54, 1.807) is 0 Å². The Labute approximate surface area is 179 Å². The molecule has 0 radical (unpaired) electrons. The van der Waals surface area contributed by atoms with Crippen LogP contribution in [-0.4, -0.2) is 50.9 Å². The third kappa shape index (κ3) is 4.42. The molecule has 0 saturated carbocycles. The van der Waals surface area contributed by atoms with Gasteiger partial charge in [-0.15, -0.1) is 0 Å². The lowest BCUT2D eigenvalue weighted by molar-refractivity contribution is -0.272. The fourth-order valence-corrected chi connectivity index (χ4v) is 3.30. The maximum Gasteiger partial charge on any atom is 0.424 e. The molecular formula is C19H20F4N6O3. The summed E-state index contributed by atoms with van der Waals surface area (Å²) in [5.41, 5.74) is 2.24. The number of aliphatic hydroxyl groups is 1. The summed E-state index contributed by atoms with van der Waals surface area (Å²) < 4.78 is 54.9. The molecule has 3 rings (SSSR count). The number of benzene rings is 1. The van der Waals surface area contributed by atoms with Crippen molar-refractivity contribution in [1.29, 1.82) is 0 Å². The topological polar surface area (TPSA) is 126 Å². The van der Waals surface area contributed by atoms with Gasteiger partial charge in [0.1, 0.15) is 23.4 Å². The molecule has 1 aliphatic heterocycles. The summed E-state index contributed by atoms with van der Waals surface area (Å²) in [5.74, 6) is -2.75. The van der Waals surface area contributed by atoms with Crippen LogP contribution in [-0.2, 0) is 22.2 Å². The lowest BCUT2D eigenvalue weighted by Gasteiger charge is -2.29. The summed E-state index contributed by atoms with van der Waals surface area (Å²) in [4.78, 5) is 27.8. The quantitative estimate of drug-likeness (QED) is 0.535. The average Bonchev–Trinajstić information content (AvgIpc) is 3.34. The number of hydrogen-bond acceptors (Lipinski definition) is 6. The molecule has 32 heavy (non-hydrogen) atoms. The van der Waals surface area contributed by atoms with Crippen molar-refractivity contribution in [1.82, 2.24) is 14.9 Å². The molecule has 2 heterocycles. The highest BCUT2D eigenvalue weighted by atomic mass is 19.4. The van der Waals surface area contributed by atoms with Gasteiger partial charge in [-0.1, -0.05) is 0 Å². The van der Waals surface area contributed by atoms with Crippen molar-refractivity contribution in [2.24, 2.45) is 17.9 Å². The minimum atomic E-state index is -5.04. The van der Waals surface area contributed by atoms with Crippen LogP contribution >= 0.6 is 0 Å². The van der Waals surface area contributed by atoms with E-state index in [1.807, 2.05) is 0 Å². The van der Waals surface area contributed by atoms with E-state index in [-0.39, 0.29) is 12.1 Å². The minimum Gasteiger partial charge on any atom is -0.374 e. The van der Waals surface area contributed by atoms with E-state index in [9.17, 15) is 32.3 Å². The summed E-state index contributed by atoms with van der Waals surface area (Å²) >= 11 is 0. The lowest BCUT2D eigenvalue weighted by Crippen LogP contribution is -2.47. The number of nitrogens with zero attached hydrogens (tertiary/aromatic N) is 4. The van der Waals surface area contributed by atoms with Gasteiger partial charge in [-0.3, -0.25) is 14.6 Å². The molecule has 0 bridgehead atoms. The van der Waals surface area contributed by atoms with E-state index < -0.39 is 54.2 Å². The van der Waals surface area contributed by atoms with Gasteiger partial charge >= 0.3 is 6.18 Å². The second kappa shape index (κ2) is 8.57. The molecule has 2 unspecified atom stereocenters. The number of carbonyl (C=O) groups excluding carboxylic acids is 2. The van der Waals surface area contributed by atoms with E-state index in [0.29, 0.717) is 5.69 Å². The van der Waals surface area contributed by atoms with Gasteiger partial charge in [-0.25, -0.2) is 9.37 Å². The summed E-state index contributed by atoms with van der Waals surface area (Å²) in [6, 6.07) is 3.92. The Morgan fingerprint density at radius 2 is 1.94 bits per heavy atom. The Balaban J connectivity index is 1.72. The lowest BCUT2D eigenvalue weighted by atomic mass is 9.97. The normalized spacial score (nSPS) is 18.2. The van der Waals surface area contributed by atoms with Crippen LogP contribution < -0.4 is 16.1 Å². The second-order valence-corrected chi connectivity index (χ2v) is 7.22.